The van der Waals surface area contributed by atoms with Gasteiger partial charge in [-0.2, -0.15) is 5.10 Å². The van der Waals surface area contributed by atoms with Crippen LogP contribution in [-0.4, -0.2) is 29.5 Å². The fourth-order valence-corrected chi connectivity index (χ4v) is 3.70. The zero-order chi connectivity index (χ0) is 21.4. The number of pyridine rings is 2. The summed E-state index contributed by atoms with van der Waals surface area (Å²) in [5.41, 5.74) is 7.05. The van der Waals surface area contributed by atoms with Crippen LogP contribution in [0.3, 0.4) is 0 Å². The topological polar surface area (TPSA) is 83.8 Å². The Hall–Kier alpha value is -3.71. The van der Waals surface area contributed by atoms with Crippen molar-refractivity contribution in [2.45, 2.75) is 20.4 Å². The lowest BCUT2D eigenvalue weighted by Crippen LogP contribution is -2.02. The number of H-pyrrole nitrogens is 1. The van der Waals surface area contributed by atoms with Crippen molar-refractivity contribution in [3.63, 3.8) is 0 Å². The van der Waals surface area contributed by atoms with Crippen LogP contribution in [0.15, 0.2) is 61.1 Å². The van der Waals surface area contributed by atoms with Crippen LogP contribution in [-0.2, 0) is 6.54 Å². The Morgan fingerprint density at radius 1 is 1.03 bits per heavy atom. The summed E-state index contributed by atoms with van der Waals surface area (Å²) >= 11 is 6.43. The highest BCUT2D eigenvalue weighted by Gasteiger charge is 2.16. The molecule has 31 heavy (non-hydrogen) atoms. The van der Waals surface area contributed by atoms with Gasteiger partial charge in [-0.1, -0.05) is 29.8 Å². The van der Waals surface area contributed by atoms with Crippen molar-refractivity contribution in [2.75, 3.05) is 5.32 Å². The van der Waals surface area contributed by atoms with E-state index in [-0.39, 0.29) is 0 Å². The van der Waals surface area contributed by atoms with Crippen molar-refractivity contribution in [3.8, 4) is 22.6 Å². The fourth-order valence-electron chi connectivity index (χ4n) is 3.50. The number of fused-ring (bicyclic) bond motifs is 1. The molecule has 0 atom stereocenters. The minimum atomic E-state index is 0.494. The van der Waals surface area contributed by atoms with Gasteiger partial charge in [-0.25, -0.2) is 14.5 Å². The smallest absolute Gasteiger partial charge is 0.155 e. The molecule has 0 bridgehead atoms. The fraction of sp³-hybridized carbons (Fsp3) is 0.130. The number of anilines is 1. The van der Waals surface area contributed by atoms with Crippen LogP contribution in [0.5, 0.6) is 0 Å². The Morgan fingerprint density at radius 3 is 2.77 bits per heavy atom. The molecule has 4 aromatic heterocycles. The average Bonchev–Trinajstić information content (AvgIpc) is 3.41. The van der Waals surface area contributed by atoms with Gasteiger partial charge in [0.25, 0.3) is 0 Å². The number of aromatic nitrogens is 6. The first-order valence-electron chi connectivity index (χ1n) is 9.90. The minimum Gasteiger partial charge on any atom is -0.377 e. The first-order chi connectivity index (χ1) is 15.1. The van der Waals surface area contributed by atoms with Crippen LogP contribution in [0, 0.1) is 13.8 Å². The Labute approximate surface area is 184 Å². The van der Waals surface area contributed by atoms with Gasteiger partial charge in [-0.3, -0.25) is 4.98 Å². The number of hydrogen-bond acceptors (Lipinski definition) is 5. The van der Waals surface area contributed by atoms with Crippen LogP contribution >= 0.6 is 11.6 Å². The second kappa shape index (κ2) is 7.85. The van der Waals surface area contributed by atoms with Crippen LogP contribution in [0.25, 0.3) is 28.3 Å². The van der Waals surface area contributed by atoms with Gasteiger partial charge in [-0.05, 0) is 49.7 Å². The molecule has 0 saturated carbocycles. The van der Waals surface area contributed by atoms with Crippen LogP contribution in [0.1, 0.15) is 17.1 Å². The monoisotopic (exact) mass is 429 g/mol. The van der Waals surface area contributed by atoms with Crippen molar-refractivity contribution >= 4 is 22.9 Å². The summed E-state index contributed by atoms with van der Waals surface area (Å²) in [4.78, 5) is 17.2. The van der Waals surface area contributed by atoms with Crippen molar-refractivity contribution in [3.05, 3.63) is 83.2 Å². The van der Waals surface area contributed by atoms with Gasteiger partial charge in [0, 0.05) is 17.5 Å². The molecule has 7 nitrogen and oxygen atoms in total. The Kier molecular flexibility index (Phi) is 4.88. The highest BCUT2D eigenvalue weighted by molar-refractivity contribution is 6.33. The van der Waals surface area contributed by atoms with Gasteiger partial charge >= 0.3 is 0 Å². The Morgan fingerprint density at radius 2 is 1.90 bits per heavy atom. The number of benzene rings is 1. The lowest BCUT2D eigenvalue weighted by molar-refractivity contribution is 0.960. The molecular formula is C23H20ClN7. The second-order valence-corrected chi connectivity index (χ2v) is 7.72. The third-order valence-corrected chi connectivity index (χ3v) is 5.58. The molecule has 0 aliphatic heterocycles. The van der Waals surface area contributed by atoms with E-state index in [4.69, 9.17) is 21.6 Å². The molecule has 5 rings (SSSR count). The van der Waals surface area contributed by atoms with E-state index >= 15 is 0 Å². The molecule has 0 saturated heterocycles. The zero-order valence-corrected chi connectivity index (χ0v) is 17.9. The molecular weight excluding hydrogens is 410 g/mol. The largest absolute Gasteiger partial charge is 0.377 e. The number of aromatic amines is 1. The van der Waals surface area contributed by atoms with E-state index in [1.54, 1.807) is 4.52 Å². The van der Waals surface area contributed by atoms with Gasteiger partial charge in [0.1, 0.15) is 12.2 Å². The molecule has 8 heteroatoms. The number of imidazole rings is 1. The molecule has 4 heterocycles. The lowest BCUT2D eigenvalue weighted by atomic mass is 10.1. The molecule has 0 radical (unpaired) electrons. The number of nitrogens with zero attached hydrogens (tertiary/aromatic N) is 5. The van der Waals surface area contributed by atoms with Gasteiger partial charge in [0.05, 0.1) is 34.3 Å². The maximum Gasteiger partial charge on any atom is 0.155 e. The molecule has 0 unspecified atom stereocenters. The van der Waals surface area contributed by atoms with Crippen molar-refractivity contribution < 1.29 is 0 Å². The van der Waals surface area contributed by atoms with E-state index in [1.807, 2.05) is 68.6 Å². The van der Waals surface area contributed by atoms with Gasteiger partial charge in [-0.15, -0.1) is 0 Å². The third-order valence-electron chi connectivity index (χ3n) is 5.08. The van der Waals surface area contributed by atoms with E-state index in [0.717, 1.165) is 51.1 Å². The molecule has 5 aromatic rings. The highest BCUT2D eigenvalue weighted by atomic mass is 35.5. The zero-order valence-electron chi connectivity index (χ0n) is 17.1. The van der Waals surface area contributed by atoms with E-state index < -0.39 is 0 Å². The maximum absolute atomic E-state index is 6.43. The molecule has 0 spiro atoms. The summed E-state index contributed by atoms with van der Waals surface area (Å²) in [5.74, 6) is 0.782. The molecule has 1 aromatic carbocycles. The van der Waals surface area contributed by atoms with Crippen molar-refractivity contribution in [1.29, 1.82) is 0 Å². The maximum atomic E-state index is 6.43. The molecule has 0 fully saturated rings. The number of nitrogens with one attached hydrogen (secondary N) is 2. The Bertz CT molecular complexity index is 1390. The lowest BCUT2D eigenvalue weighted by Gasteiger charge is -2.08. The van der Waals surface area contributed by atoms with E-state index in [1.165, 1.54) is 6.33 Å². The number of halogens is 1. The first-order valence-corrected chi connectivity index (χ1v) is 10.3. The first kappa shape index (κ1) is 19.3. The average molecular weight is 430 g/mol. The number of rotatable bonds is 5. The van der Waals surface area contributed by atoms with Crippen LogP contribution in [0.4, 0.5) is 5.69 Å². The van der Waals surface area contributed by atoms with Gasteiger partial charge in [0.15, 0.2) is 5.65 Å². The Balaban J connectivity index is 1.55. The predicted molar refractivity (Wildman–Crippen MR) is 122 cm³/mol. The van der Waals surface area contributed by atoms with Crippen LogP contribution < -0.4 is 5.32 Å². The predicted octanol–water partition coefficient (Wildman–Crippen LogP) is 5.06. The molecule has 0 aliphatic carbocycles. The molecule has 0 amide bonds. The van der Waals surface area contributed by atoms with E-state index in [2.05, 4.69) is 20.4 Å². The molecule has 2 N–H and O–H groups in total. The summed E-state index contributed by atoms with van der Waals surface area (Å²) in [6.45, 7) is 4.46. The van der Waals surface area contributed by atoms with Crippen molar-refractivity contribution in [2.24, 2.45) is 0 Å². The quantitative estimate of drug-likeness (QED) is 0.407. The van der Waals surface area contributed by atoms with Crippen molar-refractivity contribution in [1.82, 2.24) is 29.5 Å². The standard InChI is InChI=1S/C23H20ClN7/c1-14-5-3-7-17(21(14)24)25-11-19-29-22(16-9-10-20-26-13-27-31(20)12-16)23(30-19)18-8-4-6-15(2)28-18/h3-10,12-13,25H,11H2,1-2H3,(H,29,30). The summed E-state index contributed by atoms with van der Waals surface area (Å²) in [6.07, 6.45) is 3.46. The third kappa shape index (κ3) is 3.75. The SMILES string of the molecule is Cc1cccc(-c2[nH]c(CNc3cccc(C)c3Cl)nc2-c2ccc3ncnn3c2)n1. The summed E-state index contributed by atoms with van der Waals surface area (Å²) in [6, 6.07) is 15.8. The van der Waals surface area contributed by atoms with Crippen LogP contribution in [0.2, 0.25) is 5.02 Å². The van der Waals surface area contributed by atoms with Gasteiger partial charge in [0.2, 0.25) is 0 Å². The molecule has 154 valence electrons. The molecule has 0 aliphatic rings. The van der Waals surface area contributed by atoms with Gasteiger partial charge < -0.3 is 10.3 Å². The minimum absolute atomic E-state index is 0.494. The summed E-state index contributed by atoms with van der Waals surface area (Å²) in [7, 11) is 0. The number of aryl methyl sites for hydroxylation is 2. The highest BCUT2D eigenvalue weighted by Crippen LogP contribution is 2.30. The normalized spacial score (nSPS) is 11.2. The second-order valence-electron chi connectivity index (χ2n) is 7.34. The summed E-state index contributed by atoms with van der Waals surface area (Å²) in [5, 5.41) is 8.34. The number of hydrogen-bond donors (Lipinski definition) is 2. The van der Waals surface area contributed by atoms with E-state index in [0.29, 0.717) is 11.6 Å². The summed E-state index contributed by atoms with van der Waals surface area (Å²) < 4.78 is 1.74. The van der Waals surface area contributed by atoms with E-state index in [9.17, 15) is 0 Å².